The van der Waals surface area contributed by atoms with Crippen LogP contribution in [-0.2, 0) is 10.2 Å². The van der Waals surface area contributed by atoms with E-state index in [0.29, 0.717) is 18.0 Å². The zero-order valence-corrected chi connectivity index (χ0v) is 12.8. The molecule has 1 unspecified atom stereocenters. The van der Waals surface area contributed by atoms with Gasteiger partial charge in [-0.05, 0) is 24.6 Å². The van der Waals surface area contributed by atoms with Gasteiger partial charge in [0.2, 0.25) is 5.91 Å². The van der Waals surface area contributed by atoms with Gasteiger partial charge in [0.15, 0.2) is 11.5 Å². The first-order valence-electron chi connectivity index (χ1n) is 6.57. The van der Waals surface area contributed by atoms with Crippen LogP contribution in [0.25, 0.3) is 0 Å². The quantitative estimate of drug-likeness (QED) is 0.827. The summed E-state index contributed by atoms with van der Waals surface area (Å²) in [6, 6.07) is 5.26. The molecule has 0 aliphatic rings. The zero-order chi connectivity index (χ0) is 15.3. The normalized spacial score (nSPS) is 12.7. The molecular formula is C15H24N2O3. The van der Waals surface area contributed by atoms with Crippen molar-refractivity contribution in [1.82, 2.24) is 5.32 Å². The second-order valence-electron chi connectivity index (χ2n) is 5.46. The molecule has 0 heterocycles. The molecule has 0 bridgehead atoms. The summed E-state index contributed by atoms with van der Waals surface area (Å²) >= 11 is 0. The summed E-state index contributed by atoms with van der Waals surface area (Å²) < 4.78 is 10.5. The number of benzene rings is 1. The monoisotopic (exact) mass is 280 g/mol. The molecule has 5 nitrogen and oxygen atoms in total. The molecule has 5 heteroatoms. The van der Waals surface area contributed by atoms with E-state index in [-0.39, 0.29) is 11.3 Å². The Kier molecular flexibility index (Phi) is 5.39. The maximum absolute atomic E-state index is 11.6. The molecule has 0 spiro atoms. The fourth-order valence-corrected chi connectivity index (χ4v) is 1.83. The highest BCUT2D eigenvalue weighted by atomic mass is 16.5. The number of ether oxygens (including phenoxy) is 2. The Morgan fingerprint density at radius 1 is 1.30 bits per heavy atom. The molecule has 1 atom stereocenters. The van der Waals surface area contributed by atoms with Gasteiger partial charge in [0.1, 0.15) is 0 Å². The van der Waals surface area contributed by atoms with E-state index >= 15 is 0 Å². The average molecular weight is 280 g/mol. The van der Waals surface area contributed by atoms with Crippen LogP contribution < -0.4 is 20.5 Å². The number of nitrogens with one attached hydrogen (secondary N) is 1. The molecule has 1 aromatic rings. The Labute approximate surface area is 120 Å². The molecule has 0 aromatic heterocycles. The van der Waals surface area contributed by atoms with Gasteiger partial charge in [0.25, 0.3) is 0 Å². The van der Waals surface area contributed by atoms with Crippen molar-refractivity contribution in [3.63, 3.8) is 0 Å². The third-order valence-corrected chi connectivity index (χ3v) is 3.28. The molecule has 1 rings (SSSR count). The van der Waals surface area contributed by atoms with Gasteiger partial charge in [-0.15, -0.1) is 0 Å². The maximum Gasteiger partial charge on any atom is 0.236 e. The van der Waals surface area contributed by atoms with Gasteiger partial charge < -0.3 is 20.5 Å². The molecule has 20 heavy (non-hydrogen) atoms. The van der Waals surface area contributed by atoms with Crippen molar-refractivity contribution in [3.8, 4) is 11.5 Å². The van der Waals surface area contributed by atoms with Crippen molar-refractivity contribution >= 4 is 5.91 Å². The number of carbonyl (C=O) groups excluding carboxylic acids is 1. The summed E-state index contributed by atoms with van der Waals surface area (Å²) in [5.74, 6) is 1.21. The van der Waals surface area contributed by atoms with Crippen molar-refractivity contribution < 1.29 is 14.3 Å². The molecular weight excluding hydrogens is 256 g/mol. The number of methoxy groups -OCH3 is 2. The zero-order valence-electron chi connectivity index (χ0n) is 12.8. The molecule has 0 fully saturated rings. The van der Waals surface area contributed by atoms with Crippen molar-refractivity contribution in [3.05, 3.63) is 23.8 Å². The molecule has 0 aliphatic heterocycles. The van der Waals surface area contributed by atoms with Gasteiger partial charge in [-0.1, -0.05) is 19.9 Å². The van der Waals surface area contributed by atoms with Crippen molar-refractivity contribution in [2.75, 3.05) is 20.8 Å². The van der Waals surface area contributed by atoms with Crippen molar-refractivity contribution in [1.29, 1.82) is 0 Å². The number of amides is 1. The van der Waals surface area contributed by atoms with Gasteiger partial charge in [0, 0.05) is 12.0 Å². The lowest BCUT2D eigenvalue weighted by Crippen LogP contribution is -2.43. The minimum Gasteiger partial charge on any atom is -0.493 e. The molecule has 1 amide bonds. The second-order valence-corrected chi connectivity index (χ2v) is 5.46. The van der Waals surface area contributed by atoms with Crippen molar-refractivity contribution in [2.45, 2.75) is 32.2 Å². The Morgan fingerprint density at radius 3 is 2.40 bits per heavy atom. The van der Waals surface area contributed by atoms with E-state index in [1.165, 1.54) is 0 Å². The summed E-state index contributed by atoms with van der Waals surface area (Å²) in [6.45, 7) is 6.27. The first-order valence-corrected chi connectivity index (χ1v) is 6.57. The molecule has 0 saturated heterocycles. The van der Waals surface area contributed by atoms with Crippen LogP contribution in [0.2, 0.25) is 0 Å². The predicted molar refractivity (Wildman–Crippen MR) is 79.2 cm³/mol. The summed E-state index contributed by atoms with van der Waals surface area (Å²) in [6.07, 6.45) is 0. The van der Waals surface area contributed by atoms with Gasteiger partial charge >= 0.3 is 0 Å². The van der Waals surface area contributed by atoms with Crippen LogP contribution in [0.3, 0.4) is 0 Å². The number of hydrogen-bond acceptors (Lipinski definition) is 4. The van der Waals surface area contributed by atoms with Crippen LogP contribution in [0.15, 0.2) is 18.2 Å². The van der Waals surface area contributed by atoms with Gasteiger partial charge in [-0.3, -0.25) is 4.79 Å². The largest absolute Gasteiger partial charge is 0.493 e. The van der Waals surface area contributed by atoms with Gasteiger partial charge in [-0.25, -0.2) is 0 Å². The molecule has 1 aromatic carbocycles. The van der Waals surface area contributed by atoms with E-state index in [4.69, 9.17) is 15.2 Å². The number of nitrogens with two attached hydrogens (primary N) is 1. The number of hydrogen-bond donors (Lipinski definition) is 2. The lowest BCUT2D eigenvalue weighted by atomic mass is 9.84. The fraction of sp³-hybridized carbons (Fsp3) is 0.533. The predicted octanol–water partition coefficient (Wildman–Crippen LogP) is 1.44. The van der Waals surface area contributed by atoms with Crippen molar-refractivity contribution in [2.24, 2.45) is 5.73 Å². The van der Waals surface area contributed by atoms with Crippen LogP contribution >= 0.6 is 0 Å². The topological polar surface area (TPSA) is 73.6 Å². The molecule has 112 valence electrons. The number of rotatable bonds is 6. The number of carbonyl (C=O) groups is 1. The van der Waals surface area contributed by atoms with E-state index in [2.05, 4.69) is 19.2 Å². The molecule has 0 radical (unpaired) electrons. The average Bonchev–Trinajstić information content (AvgIpc) is 2.43. The minimum absolute atomic E-state index is 0.154. The smallest absolute Gasteiger partial charge is 0.236 e. The Bertz CT molecular complexity index is 470. The highest BCUT2D eigenvalue weighted by molar-refractivity contribution is 5.81. The lowest BCUT2D eigenvalue weighted by molar-refractivity contribution is -0.122. The van der Waals surface area contributed by atoms with Crippen LogP contribution in [0.5, 0.6) is 11.5 Å². The first kappa shape index (κ1) is 16.3. The first-order chi connectivity index (χ1) is 9.31. The fourth-order valence-electron chi connectivity index (χ4n) is 1.83. The van der Waals surface area contributed by atoms with E-state index in [1.54, 1.807) is 21.1 Å². The minimum atomic E-state index is -0.504. The van der Waals surface area contributed by atoms with Gasteiger partial charge in [-0.2, -0.15) is 0 Å². The van der Waals surface area contributed by atoms with E-state index < -0.39 is 6.04 Å². The molecule has 0 saturated carbocycles. The van der Waals surface area contributed by atoms with Crippen LogP contribution in [0.1, 0.15) is 26.3 Å². The van der Waals surface area contributed by atoms with E-state index in [0.717, 1.165) is 5.56 Å². The van der Waals surface area contributed by atoms with E-state index in [1.807, 2.05) is 18.2 Å². The van der Waals surface area contributed by atoms with Crippen LogP contribution in [-0.4, -0.2) is 32.7 Å². The van der Waals surface area contributed by atoms with Gasteiger partial charge in [0.05, 0.1) is 20.3 Å². The van der Waals surface area contributed by atoms with E-state index in [9.17, 15) is 4.79 Å². The van der Waals surface area contributed by atoms with Crippen LogP contribution in [0.4, 0.5) is 0 Å². The molecule has 0 aliphatic carbocycles. The second kappa shape index (κ2) is 6.61. The standard InChI is InChI=1S/C15H24N2O3/c1-10(16)14(18)17-9-15(2,3)11-6-7-12(19-4)13(8-11)20-5/h6-8,10H,9,16H2,1-5H3,(H,17,18). The summed E-state index contributed by atoms with van der Waals surface area (Å²) in [7, 11) is 3.21. The Morgan fingerprint density at radius 2 is 1.90 bits per heavy atom. The maximum atomic E-state index is 11.6. The summed E-state index contributed by atoms with van der Waals surface area (Å²) in [5.41, 5.74) is 6.36. The highest BCUT2D eigenvalue weighted by Crippen LogP contribution is 2.32. The van der Waals surface area contributed by atoms with Crippen LogP contribution in [0, 0.1) is 0 Å². The Hall–Kier alpha value is -1.75. The SMILES string of the molecule is COc1ccc(C(C)(C)CNC(=O)C(C)N)cc1OC. The highest BCUT2D eigenvalue weighted by Gasteiger charge is 2.23. The third-order valence-electron chi connectivity index (χ3n) is 3.28. The Balaban J connectivity index is 2.89. The third kappa shape index (κ3) is 3.87. The summed E-state index contributed by atoms with van der Waals surface area (Å²) in [5, 5.41) is 2.85. The molecule has 3 N–H and O–H groups in total. The lowest BCUT2D eigenvalue weighted by Gasteiger charge is -2.27. The summed E-state index contributed by atoms with van der Waals surface area (Å²) in [4.78, 5) is 11.6.